The van der Waals surface area contributed by atoms with Crippen LogP contribution in [0.5, 0.6) is 0 Å². The van der Waals surface area contributed by atoms with Crippen LogP contribution >= 0.6 is 0 Å². The largest absolute Gasteiger partial charge is 0.383 e. The number of ether oxygens (including phenoxy) is 2. The van der Waals surface area contributed by atoms with Gasteiger partial charge in [0.1, 0.15) is 11.7 Å². The van der Waals surface area contributed by atoms with Crippen LogP contribution in [0.4, 0.5) is 0 Å². The van der Waals surface area contributed by atoms with Crippen LogP contribution in [-0.2, 0) is 14.3 Å². The second kappa shape index (κ2) is 2.36. The Morgan fingerprint density at radius 2 is 1.93 bits per heavy atom. The molecule has 2 fully saturated rings. The maximum Gasteiger partial charge on any atom is 0.190 e. The first-order valence-corrected chi connectivity index (χ1v) is 4.46. The Morgan fingerprint density at radius 3 is 2.21 bits per heavy atom. The van der Waals surface area contributed by atoms with E-state index in [-0.39, 0.29) is 0 Å². The van der Waals surface area contributed by atoms with Gasteiger partial charge in [0.15, 0.2) is 18.2 Å². The standard InChI is InChI=1S/C9H14O5/c1-7(2)8(11)5(4-10)14-6(13-3)9(7,8)12/h4-6,11-12H,1-3H3/t5-,6?,8+,9-/m1/s1. The zero-order valence-corrected chi connectivity index (χ0v) is 8.35. The quantitative estimate of drug-likeness (QED) is 0.565. The molecule has 14 heavy (non-hydrogen) atoms. The SMILES string of the molecule is COC1O[C@H](C=O)[C@]2(O)C(C)(C)[C@]12O. The lowest BCUT2D eigenvalue weighted by atomic mass is 10.0. The number of aliphatic hydroxyl groups is 2. The molecular formula is C9H14O5. The summed E-state index contributed by atoms with van der Waals surface area (Å²) in [6.45, 7) is 3.36. The van der Waals surface area contributed by atoms with E-state index in [2.05, 4.69) is 0 Å². The lowest BCUT2D eigenvalue weighted by molar-refractivity contribution is -0.192. The normalized spacial score (nSPS) is 54.1. The third-order valence-corrected chi connectivity index (χ3v) is 3.79. The molecule has 1 aliphatic heterocycles. The summed E-state index contributed by atoms with van der Waals surface area (Å²) in [5.41, 5.74) is -3.80. The number of rotatable bonds is 2. The minimum atomic E-state index is -1.53. The molecule has 80 valence electrons. The van der Waals surface area contributed by atoms with Gasteiger partial charge in [-0.25, -0.2) is 0 Å². The first-order chi connectivity index (χ1) is 6.37. The monoisotopic (exact) mass is 202 g/mol. The molecule has 2 N–H and O–H groups in total. The molecule has 1 heterocycles. The average Bonchev–Trinajstić information content (AvgIpc) is 2.42. The number of carbonyl (C=O) groups excluding carboxylic acids is 1. The molecule has 0 amide bonds. The van der Waals surface area contributed by atoms with Crippen molar-refractivity contribution in [1.82, 2.24) is 0 Å². The van der Waals surface area contributed by atoms with Crippen LogP contribution in [0.15, 0.2) is 0 Å². The number of aldehydes is 1. The highest BCUT2D eigenvalue weighted by molar-refractivity contribution is 5.65. The fraction of sp³-hybridized carbons (Fsp3) is 0.889. The van der Waals surface area contributed by atoms with Crippen molar-refractivity contribution in [2.75, 3.05) is 7.11 Å². The van der Waals surface area contributed by atoms with E-state index in [0.717, 1.165) is 0 Å². The minimum absolute atomic E-state index is 0.499. The van der Waals surface area contributed by atoms with Gasteiger partial charge in [0, 0.05) is 12.5 Å². The smallest absolute Gasteiger partial charge is 0.190 e. The number of carbonyl (C=O) groups is 1. The number of hydrogen-bond donors (Lipinski definition) is 2. The van der Waals surface area contributed by atoms with Crippen LogP contribution in [0.25, 0.3) is 0 Å². The maximum absolute atomic E-state index is 10.7. The molecule has 0 radical (unpaired) electrons. The van der Waals surface area contributed by atoms with E-state index >= 15 is 0 Å². The number of hydrogen-bond acceptors (Lipinski definition) is 5. The number of fused-ring (bicyclic) bond motifs is 1. The van der Waals surface area contributed by atoms with Crippen LogP contribution in [0.3, 0.4) is 0 Å². The van der Waals surface area contributed by atoms with Gasteiger partial charge in [-0.15, -0.1) is 0 Å². The summed E-state index contributed by atoms with van der Waals surface area (Å²) < 4.78 is 9.98. The molecule has 2 rings (SSSR count). The second-order valence-corrected chi connectivity index (χ2v) is 4.42. The minimum Gasteiger partial charge on any atom is -0.383 e. The zero-order chi connectivity index (χ0) is 10.8. The Labute approximate surface area is 81.6 Å². The summed E-state index contributed by atoms with van der Waals surface area (Å²) in [5.74, 6) is 0. The molecule has 0 spiro atoms. The van der Waals surface area contributed by atoms with Gasteiger partial charge >= 0.3 is 0 Å². The Morgan fingerprint density at radius 1 is 1.36 bits per heavy atom. The first-order valence-electron chi connectivity index (χ1n) is 4.46. The van der Waals surface area contributed by atoms with Crippen molar-refractivity contribution in [2.24, 2.45) is 5.41 Å². The average molecular weight is 202 g/mol. The van der Waals surface area contributed by atoms with E-state index in [0.29, 0.717) is 6.29 Å². The third-order valence-electron chi connectivity index (χ3n) is 3.79. The Balaban J connectivity index is 2.42. The molecule has 1 unspecified atom stereocenters. The predicted molar refractivity (Wildman–Crippen MR) is 45.4 cm³/mol. The van der Waals surface area contributed by atoms with E-state index in [1.165, 1.54) is 7.11 Å². The Hall–Kier alpha value is -0.490. The molecule has 0 aromatic carbocycles. The van der Waals surface area contributed by atoms with Gasteiger partial charge in [-0.1, -0.05) is 13.8 Å². The van der Waals surface area contributed by atoms with E-state index in [1.807, 2.05) is 0 Å². The van der Waals surface area contributed by atoms with Crippen LogP contribution < -0.4 is 0 Å². The highest BCUT2D eigenvalue weighted by atomic mass is 16.7. The topological polar surface area (TPSA) is 76.0 Å². The fourth-order valence-electron chi connectivity index (χ4n) is 2.63. The highest BCUT2D eigenvalue weighted by Gasteiger charge is 2.92. The Kier molecular flexibility index (Phi) is 1.69. The molecule has 2 aliphatic rings. The van der Waals surface area contributed by atoms with Gasteiger partial charge in [0.25, 0.3) is 0 Å². The van der Waals surface area contributed by atoms with E-state index < -0.39 is 29.0 Å². The summed E-state index contributed by atoms with van der Waals surface area (Å²) in [5, 5.41) is 20.3. The molecule has 0 bridgehead atoms. The van der Waals surface area contributed by atoms with Gasteiger partial charge < -0.3 is 24.5 Å². The molecule has 5 nitrogen and oxygen atoms in total. The van der Waals surface area contributed by atoms with Crippen molar-refractivity contribution < 1.29 is 24.5 Å². The van der Waals surface area contributed by atoms with Crippen molar-refractivity contribution >= 4 is 6.29 Å². The van der Waals surface area contributed by atoms with Crippen LogP contribution in [0, 0.1) is 5.41 Å². The lowest BCUT2D eigenvalue weighted by Crippen LogP contribution is -2.35. The molecule has 1 saturated carbocycles. The van der Waals surface area contributed by atoms with Gasteiger partial charge in [-0.2, -0.15) is 0 Å². The van der Waals surface area contributed by atoms with E-state index in [4.69, 9.17) is 9.47 Å². The number of methoxy groups -OCH3 is 1. The second-order valence-electron chi connectivity index (χ2n) is 4.42. The molecule has 0 aromatic heterocycles. The molecule has 0 aromatic rings. The third kappa shape index (κ3) is 0.642. The summed E-state index contributed by atoms with van der Waals surface area (Å²) >= 11 is 0. The molecule has 4 atom stereocenters. The fourth-order valence-corrected chi connectivity index (χ4v) is 2.63. The Bertz CT molecular complexity index is 289. The van der Waals surface area contributed by atoms with Gasteiger partial charge in [0.05, 0.1) is 0 Å². The van der Waals surface area contributed by atoms with Crippen molar-refractivity contribution in [2.45, 2.75) is 37.4 Å². The van der Waals surface area contributed by atoms with E-state index in [1.54, 1.807) is 13.8 Å². The van der Waals surface area contributed by atoms with Gasteiger partial charge in [-0.3, -0.25) is 0 Å². The van der Waals surface area contributed by atoms with Crippen LogP contribution in [-0.4, -0.2) is 47.2 Å². The van der Waals surface area contributed by atoms with Crippen molar-refractivity contribution in [3.8, 4) is 0 Å². The molecule has 1 aliphatic carbocycles. The van der Waals surface area contributed by atoms with Gasteiger partial charge in [0.2, 0.25) is 0 Å². The summed E-state index contributed by atoms with van der Waals surface area (Å²) in [4.78, 5) is 10.7. The highest BCUT2D eigenvalue weighted by Crippen LogP contribution is 2.72. The van der Waals surface area contributed by atoms with Crippen LogP contribution in [0.2, 0.25) is 0 Å². The summed E-state index contributed by atoms with van der Waals surface area (Å²) in [6.07, 6.45) is -1.47. The zero-order valence-electron chi connectivity index (χ0n) is 8.35. The maximum atomic E-state index is 10.7. The van der Waals surface area contributed by atoms with Gasteiger partial charge in [-0.05, 0) is 0 Å². The van der Waals surface area contributed by atoms with Crippen molar-refractivity contribution in [3.05, 3.63) is 0 Å². The van der Waals surface area contributed by atoms with Crippen LogP contribution in [0.1, 0.15) is 13.8 Å². The van der Waals surface area contributed by atoms with E-state index in [9.17, 15) is 15.0 Å². The van der Waals surface area contributed by atoms with Crippen molar-refractivity contribution in [1.29, 1.82) is 0 Å². The molecule has 5 heteroatoms. The lowest BCUT2D eigenvalue weighted by Gasteiger charge is -2.23. The van der Waals surface area contributed by atoms with Crippen molar-refractivity contribution in [3.63, 3.8) is 0 Å². The summed E-state index contributed by atoms with van der Waals surface area (Å²) in [7, 11) is 1.37. The molecule has 1 saturated heterocycles. The predicted octanol–water partition coefficient (Wildman–Crippen LogP) is -0.941. The molecular weight excluding hydrogens is 188 g/mol. The first kappa shape index (κ1) is 10.0. The summed E-state index contributed by atoms with van der Waals surface area (Å²) in [6, 6.07) is 0.